The van der Waals surface area contributed by atoms with Gasteiger partial charge in [-0.15, -0.1) is 0 Å². The number of rotatable bonds is 5. The minimum atomic E-state index is -1.09. The zero-order valence-electron chi connectivity index (χ0n) is 15.4. The number of nitriles is 1. The van der Waals surface area contributed by atoms with Gasteiger partial charge in [0.05, 0.1) is 24.3 Å². The minimum Gasteiger partial charge on any atom is -0.465 e. The van der Waals surface area contributed by atoms with Gasteiger partial charge in [0.1, 0.15) is 5.69 Å². The van der Waals surface area contributed by atoms with E-state index in [9.17, 15) is 14.4 Å². The van der Waals surface area contributed by atoms with Gasteiger partial charge in [0.15, 0.2) is 6.10 Å². The third-order valence-corrected chi connectivity index (χ3v) is 3.94. The van der Waals surface area contributed by atoms with Gasteiger partial charge in [-0.1, -0.05) is 6.07 Å². The van der Waals surface area contributed by atoms with Gasteiger partial charge in [-0.3, -0.25) is 4.79 Å². The van der Waals surface area contributed by atoms with Gasteiger partial charge in [0.25, 0.3) is 5.91 Å². The molecule has 8 nitrogen and oxygen atoms in total. The average molecular weight is 369 g/mol. The van der Waals surface area contributed by atoms with Crippen LogP contribution in [0.5, 0.6) is 0 Å². The molecule has 1 aromatic carbocycles. The number of ether oxygens (including phenoxy) is 2. The number of amides is 1. The maximum Gasteiger partial charge on any atom is 0.355 e. The summed E-state index contributed by atoms with van der Waals surface area (Å²) >= 11 is 0. The lowest BCUT2D eigenvalue weighted by Gasteiger charge is -2.13. The summed E-state index contributed by atoms with van der Waals surface area (Å²) in [7, 11) is 1.25. The number of anilines is 1. The van der Waals surface area contributed by atoms with Crippen molar-refractivity contribution in [1.29, 1.82) is 5.26 Å². The molecule has 1 atom stereocenters. The van der Waals surface area contributed by atoms with E-state index in [4.69, 9.17) is 14.7 Å². The van der Waals surface area contributed by atoms with Crippen molar-refractivity contribution >= 4 is 23.5 Å². The molecule has 8 heteroatoms. The van der Waals surface area contributed by atoms with Gasteiger partial charge < -0.3 is 19.8 Å². The first-order valence-electron chi connectivity index (χ1n) is 8.08. The fraction of sp³-hybridized carbons (Fsp3) is 0.263. The number of methoxy groups -OCH3 is 1. The molecule has 2 N–H and O–H groups in total. The number of aromatic nitrogens is 1. The van der Waals surface area contributed by atoms with Crippen LogP contribution < -0.4 is 5.32 Å². The van der Waals surface area contributed by atoms with Crippen molar-refractivity contribution in [3.8, 4) is 6.07 Å². The van der Waals surface area contributed by atoms with E-state index < -0.39 is 23.9 Å². The van der Waals surface area contributed by atoms with E-state index in [1.165, 1.54) is 20.1 Å². The van der Waals surface area contributed by atoms with Crippen molar-refractivity contribution in [2.24, 2.45) is 0 Å². The Kier molecular flexibility index (Phi) is 5.98. The van der Waals surface area contributed by atoms with Crippen LogP contribution >= 0.6 is 0 Å². The highest BCUT2D eigenvalue weighted by molar-refractivity contribution is 6.00. The molecular weight excluding hydrogens is 350 g/mol. The van der Waals surface area contributed by atoms with Crippen LogP contribution in [-0.4, -0.2) is 36.0 Å². The lowest BCUT2D eigenvalue weighted by molar-refractivity contribution is -0.123. The fourth-order valence-corrected chi connectivity index (χ4v) is 2.55. The molecular formula is C19H19N3O5. The third kappa shape index (κ3) is 4.33. The number of aromatic amines is 1. The number of esters is 2. The Morgan fingerprint density at radius 3 is 2.56 bits per heavy atom. The SMILES string of the molecule is COC(=O)c1c(C)[nH]c(C(=O)OC(C)C(=O)Nc2cccc(C#N)c2)c1C. The number of H-pyrrole nitrogens is 1. The molecule has 2 aromatic rings. The maximum absolute atomic E-state index is 12.4. The fourth-order valence-electron chi connectivity index (χ4n) is 2.55. The first-order chi connectivity index (χ1) is 12.8. The third-order valence-electron chi connectivity index (χ3n) is 3.94. The van der Waals surface area contributed by atoms with E-state index in [0.29, 0.717) is 22.5 Å². The van der Waals surface area contributed by atoms with Crippen LogP contribution in [0, 0.1) is 25.2 Å². The highest BCUT2D eigenvalue weighted by atomic mass is 16.5. The topological polar surface area (TPSA) is 121 Å². The van der Waals surface area contributed by atoms with Gasteiger partial charge in [-0.25, -0.2) is 9.59 Å². The van der Waals surface area contributed by atoms with Gasteiger partial charge in [-0.05, 0) is 44.5 Å². The Labute approximate surface area is 156 Å². The molecule has 1 amide bonds. The van der Waals surface area contributed by atoms with Crippen LogP contribution in [0.1, 0.15) is 44.6 Å². The summed E-state index contributed by atoms with van der Waals surface area (Å²) in [5, 5.41) is 11.5. The van der Waals surface area contributed by atoms with Crippen LogP contribution in [0.25, 0.3) is 0 Å². The molecule has 0 radical (unpaired) electrons. The summed E-state index contributed by atoms with van der Waals surface area (Å²) in [5.74, 6) is -1.88. The Morgan fingerprint density at radius 1 is 1.22 bits per heavy atom. The molecule has 0 fully saturated rings. The number of nitrogens with zero attached hydrogens (tertiary/aromatic N) is 1. The number of hydrogen-bond donors (Lipinski definition) is 2. The zero-order chi connectivity index (χ0) is 20.1. The van der Waals surface area contributed by atoms with Gasteiger partial charge >= 0.3 is 11.9 Å². The van der Waals surface area contributed by atoms with Gasteiger partial charge in [0.2, 0.25) is 0 Å². The monoisotopic (exact) mass is 369 g/mol. The summed E-state index contributed by atoms with van der Waals surface area (Å²) in [4.78, 5) is 39.2. The number of carbonyl (C=O) groups excluding carboxylic acids is 3. The first-order valence-corrected chi connectivity index (χ1v) is 8.08. The summed E-state index contributed by atoms with van der Waals surface area (Å²) in [6.07, 6.45) is -1.09. The van der Waals surface area contributed by atoms with Crippen LogP contribution in [0.4, 0.5) is 5.69 Å². The number of nitrogens with one attached hydrogen (secondary N) is 2. The molecule has 2 rings (SSSR count). The van der Waals surface area contributed by atoms with E-state index in [1.54, 1.807) is 32.0 Å². The molecule has 0 bridgehead atoms. The predicted molar refractivity (Wildman–Crippen MR) is 96.3 cm³/mol. The first kappa shape index (κ1) is 19.7. The van der Waals surface area contributed by atoms with Crippen molar-refractivity contribution in [2.75, 3.05) is 12.4 Å². The van der Waals surface area contributed by atoms with Gasteiger partial charge in [-0.2, -0.15) is 5.26 Å². The highest BCUT2D eigenvalue weighted by Crippen LogP contribution is 2.20. The zero-order valence-corrected chi connectivity index (χ0v) is 15.4. The van der Waals surface area contributed by atoms with E-state index >= 15 is 0 Å². The second-order valence-electron chi connectivity index (χ2n) is 5.85. The smallest absolute Gasteiger partial charge is 0.355 e. The lowest BCUT2D eigenvalue weighted by Crippen LogP contribution is -2.30. The molecule has 27 heavy (non-hydrogen) atoms. The van der Waals surface area contributed by atoms with Crippen LogP contribution in [0.3, 0.4) is 0 Å². The van der Waals surface area contributed by atoms with Crippen molar-refractivity contribution in [2.45, 2.75) is 26.9 Å². The van der Waals surface area contributed by atoms with E-state index in [0.717, 1.165) is 0 Å². The molecule has 1 heterocycles. The largest absolute Gasteiger partial charge is 0.465 e. The maximum atomic E-state index is 12.4. The second-order valence-corrected chi connectivity index (χ2v) is 5.85. The number of aryl methyl sites for hydroxylation is 1. The standard InChI is InChI=1S/C19H19N3O5/c1-10-15(18(24)26-4)11(2)21-16(10)19(25)27-12(3)17(23)22-14-7-5-6-13(8-14)9-20/h5-8,12,21H,1-4H3,(H,22,23). The molecule has 0 saturated carbocycles. The molecule has 0 saturated heterocycles. The summed E-state index contributed by atoms with van der Waals surface area (Å²) < 4.78 is 9.89. The molecule has 1 aromatic heterocycles. The molecule has 0 aliphatic heterocycles. The lowest BCUT2D eigenvalue weighted by atomic mass is 10.1. The van der Waals surface area contributed by atoms with E-state index in [1.807, 2.05) is 6.07 Å². The van der Waals surface area contributed by atoms with Crippen molar-refractivity contribution < 1.29 is 23.9 Å². The number of benzene rings is 1. The van der Waals surface area contributed by atoms with Crippen LogP contribution in [-0.2, 0) is 14.3 Å². The molecule has 140 valence electrons. The molecule has 0 aliphatic carbocycles. The summed E-state index contributed by atoms with van der Waals surface area (Å²) in [6.45, 7) is 4.65. The van der Waals surface area contributed by atoms with Crippen molar-refractivity contribution in [3.63, 3.8) is 0 Å². The van der Waals surface area contributed by atoms with Crippen LogP contribution in [0.2, 0.25) is 0 Å². The number of hydrogen-bond acceptors (Lipinski definition) is 6. The number of carbonyl (C=O) groups is 3. The Hall–Kier alpha value is -3.60. The molecule has 1 unspecified atom stereocenters. The van der Waals surface area contributed by atoms with E-state index in [2.05, 4.69) is 10.3 Å². The molecule has 0 spiro atoms. The van der Waals surface area contributed by atoms with E-state index in [-0.39, 0.29) is 11.3 Å². The predicted octanol–water partition coefficient (Wildman–Crippen LogP) is 2.47. The van der Waals surface area contributed by atoms with Crippen LogP contribution in [0.15, 0.2) is 24.3 Å². The summed E-state index contributed by atoms with van der Waals surface area (Å²) in [6, 6.07) is 8.33. The molecule has 0 aliphatic rings. The normalized spacial score (nSPS) is 11.2. The average Bonchev–Trinajstić information content (AvgIpc) is 2.95. The quantitative estimate of drug-likeness (QED) is 0.781. The highest BCUT2D eigenvalue weighted by Gasteiger charge is 2.26. The van der Waals surface area contributed by atoms with Crippen molar-refractivity contribution in [3.05, 3.63) is 52.3 Å². The second kappa shape index (κ2) is 8.19. The Morgan fingerprint density at radius 2 is 1.93 bits per heavy atom. The Balaban J connectivity index is 2.10. The van der Waals surface area contributed by atoms with Crippen molar-refractivity contribution in [1.82, 2.24) is 4.98 Å². The summed E-state index contributed by atoms with van der Waals surface area (Å²) in [5.41, 5.74) is 2.01. The minimum absolute atomic E-state index is 0.0824. The Bertz CT molecular complexity index is 939. The van der Waals surface area contributed by atoms with Gasteiger partial charge in [0, 0.05) is 11.4 Å².